The molecule has 1 aromatic heterocycles. The summed E-state index contributed by atoms with van der Waals surface area (Å²) in [5.74, 6) is 0.863. The molecule has 1 atom stereocenters. The highest BCUT2D eigenvalue weighted by atomic mass is 35.5. The minimum atomic E-state index is -0.256. The highest BCUT2D eigenvalue weighted by Crippen LogP contribution is 2.25. The molecule has 140 valence electrons. The average Bonchev–Trinajstić information content (AvgIpc) is 3.29. The maximum absolute atomic E-state index is 13.8. The largest absolute Gasteiger partial charge is 0.371 e. The summed E-state index contributed by atoms with van der Waals surface area (Å²) in [7, 11) is 0. The van der Waals surface area contributed by atoms with E-state index >= 15 is 0 Å². The predicted molar refractivity (Wildman–Crippen MR) is 107 cm³/mol. The van der Waals surface area contributed by atoms with Gasteiger partial charge in [-0.25, -0.2) is 4.39 Å². The van der Waals surface area contributed by atoms with E-state index in [-0.39, 0.29) is 11.7 Å². The lowest BCUT2D eigenvalue weighted by molar-refractivity contribution is 0.0788. The Morgan fingerprint density at radius 2 is 2.19 bits per heavy atom. The summed E-state index contributed by atoms with van der Waals surface area (Å²) in [5.41, 5.74) is 2.10. The number of benzene rings is 2. The third kappa shape index (κ3) is 3.65. The molecule has 0 radical (unpaired) electrons. The van der Waals surface area contributed by atoms with Crippen molar-refractivity contribution in [3.8, 4) is 0 Å². The number of anilines is 1. The van der Waals surface area contributed by atoms with Gasteiger partial charge in [-0.15, -0.1) is 0 Å². The van der Waals surface area contributed by atoms with Crippen molar-refractivity contribution < 1.29 is 9.18 Å². The van der Waals surface area contributed by atoms with Gasteiger partial charge in [0.25, 0.3) is 5.91 Å². The molecule has 0 bridgehead atoms. The highest BCUT2D eigenvalue weighted by Gasteiger charge is 2.28. The zero-order chi connectivity index (χ0) is 19.0. The Morgan fingerprint density at radius 1 is 1.33 bits per heavy atom. The first-order valence-corrected chi connectivity index (χ1v) is 9.45. The Balaban J connectivity index is 1.38. The number of hydrogen-bond acceptors (Lipinski definition) is 2. The molecular formula is C21H21ClFN3O. The highest BCUT2D eigenvalue weighted by molar-refractivity contribution is 6.33. The van der Waals surface area contributed by atoms with Crippen molar-refractivity contribution in [1.29, 1.82) is 0 Å². The van der Waals surface area contributed by atoms with Gasteiger partial charge in [0.15, 0.2) is 0 Å². The number of nitrogens with zero attached hydrogens (tertiary/aromatic N) is 1. The van der Waals surface area contributed by atoms with Crippen LogP contribution in [0, 0.1) is 18.7 Å². The number of fused-ring (bicyclic) bond motifs is 1. The molecule has 4 rings (SSSR count). The number of H-pyrrole nitrogens is 1. The molecule has 6 heteroatoms. The van der Waals surface area contributed by atoms with Gasteiger partial charge in [0.1, 0.15) is 11.6 Å². The van der Waals surface area contributed by atoms with Crippen molar-refractivity contribution in [2.75, 3.05) is 25.0 Å². The van der Waals surface area contributed by atoms with Crippen LogP contribution in [0.25, 0.3) is 10.9 Å². The van der Waals surface area contributed by atoms with Crippen LogP contribution < -0.4 is 5.32 Å². The fraction of sp³-hybridized carbons (Fsp3) is 0.286. The minimum Gasteiger partial charge on any atom is -0.371 e. The molecule has 0 aliphatic carbocycles. The molecule has 1 aliphatic rings. The smallest absolute Gasteiger partial charge is 0.255 e. The zero-order valence-electron chi connectivity index (χ0n) is 15.1. The van der Waals surface area contributed by atoms with E-state index in [1.807, 2.05) is 36.1 Å². The van der Waals surface area contributed by atoms with Gasteiger partial charge < -0.3 is 15.2 Å². The lowest BCUT2D eigenvalue weighted by Gasteiger charge is -2.18. The quantitative estimate of drug-likeness (QED) is 0.674. The van der Waals surface area contributed by atoms with Gasteiger partial charge in [-0.2, -0.15) is 0 Å². The van der Waals surface area contributed by atoms with Crippen LogP contribution >= 0.6 is 11.6 Å². The van der Waals surface area contributed by atoms with E-state index in [1.54, 1.807) is 12.1 Å². The summed E-state index contributed by atoms with van der Waals surface area (Å²) in [6, 6.07) is 12.4. The molecule has 4 nitrogen and oxygen atoms in total. The van der Waals surface area contributed by atoms with Gasteiger partial charge in [-0.1, -0.05) is 35.4 Å². The molecule has 27 heavy (non-hydrogen) atoms. The number of rotatable bonds is 4. The van der Waals surface area contributed by atoms with Crippen LogP contribution in [-0.4, -0.2) is 35.4 Å². The number of aromatic nitrogens is 1. The Hall–Kier alpha value is -2.53. The number of hydrogen-bond donors (Lipinski definition) is 2. The summed E-state index contributed by atoms with van der Waals surface area (Å²) in [6.07, 6.45) is 0.927. The van der Waals surface area contributed by atoms with Crippen molar-refractivity contribution in [2.45, 2.75) is 13.3 Å². The summed E-state index contributed by atoms with van der Waals surface area (Å²) >= 11 is 6.20. The molecule has 1 fully saturated rings. The zero-order valence-corrected chi connectivity index (χ0v) is 15.8. The second-order valence-electron chi connectivity index (χ2n) is 7.16. The average molecular weight is 386 g/mol. The number of para-hydroxylation sites is 1. The third-order valence-corrected chi connectivity index (χ3v) is 5.44. The van der Waals surface area contributed by atoms with Crippen molar-refractivity contribution >= 4 is 34.2 Å². The minimum absolute atomic E-state index is 0.0149. The molecule has 0 unspecified atom stereocenters. The summed E-state index contributed by atoms with van der Waals surface area (Å²) in [6.45, 7) is 4.08. The van der Waals surface area contributed by atoms with Crippen LogP contribution in [0.15, 0.2) is 42.5 Å². The first-order chi connectivity index (χ1) is 13.0. The van der Waals surface area contributed by atoms with Crippen molar-refractivity contribution in [1.82, 2.24) is 9.88 Å². The van der Waals surface area contributed by atoms with E-state index in [9.17, 15) is 9.18 Å². The molecule has 1 saturated heterocycles. The summed E-state index contributed by atoms with van der Waals surface area (Å²) < 4.78 is 13.8. The van der Waals surface area contributed by atoms with Gasteiger partial charge in [0, 0.05) is 25.0 Å². The molecule has 2 heterocycles. The number of aromatic amines is 1. The van der Waals surface area contributed by atoms with Gasteiger partial charge in [0.05, 0.1) is 16.1 Å². The molecule has 1 aliphatic heterocycles. The van der Waals surface area contributed by atoms with E-state index in [0.717, 1.165) is 36.3 Å². The van der Waals surface area contributed by atoms with Crippen molar-refractivity contribution in [3.05, 3.63) is 64.4 Å². The SMILES string of the molecule is Cc1ccc(Cl)c(C(=O)N2CC[C@@H](CNc3cc4cccc(F)c4[nH]3)C2)c1. The Morgan fingerprint density at radius 3 is 3.00 bits per heavy atom. The fourth-order valence-electron chi connectivity index (χ4n) is 3.63. The Bertz CT molecular complexity index is 1000. The van der Waals surface area contributed by atoms with E-state index in [2.05, 4.69) is 10.3 Å². The Kier molecular flexibility index (Phi) is 4.79. The summed E-state index contributed by atoms with van der Waals surface area (Å²) in [4.78, 5) is 17.7. The van der Waals surface area contributed by atoms with Gasteiger partial charge >= 0.3 is 0 Å². The molecule has 0 spiro atoms. The number of aryl methyl sites for hydroxylation is 1. The monoisotopic (exact) mass is 385 g/mol. The van der Waals surface area contributed by atoms with E-state index < -0.39 is 0 Å². The molecule has 1 amide bonds. The maximum atomic E-state index is 13.8. The number of halogens is 2. The Labute approximate surface area is 162 Å². The van der Waals surface area contributed by atoms with Gasteiger partial charge in [0.2, 0.25) is 0 Å². The number of nitrogens with one attached hydrogen (secondary N) is 2. The third-order valence-electron chi connectivity index (χ3n) is 5.11. The van der Waals surface area contributed by atoms with Crippen LogP contribution in [0.3, 0.4) is 0 Å². The van der Waals surface area contributed by atoms with Crippen LogP contribution in [0.1, 0.15) is 22.3 Å². The molecule has 2 N–H and O–H groups in total. The van der Waals surface area contributed by atoms with Crippen LogP contribution in [-0.2, 0) is 0 Å². The standard InChI is InChI=1S/C21H21ClFN3O/c1-13-5-6-17(22)16(9-13)21(27)26-8-7-14(12-26)11-24-19-10-15-3-2-4-18(23)20(15)25-19/h2-6,9-10,14,24-25H,7-8,11-12H2,1H3/t14-/m0/s1. The molecule has 0 saturated carbocycles. The fourth-order valence-corrected chi connectivity index (χ4v) is 3.82. The van der Waals surface area contributed by atoms with Gasteiger partial charge in [-0.3, -0.25) is 4.79 Å². The van der Waals surface area contributed by atoms with E-state index in [1.165, 1.54) is 6.07 Å². The number of carbonyl (C=O) groups is 1. The number of amides is 1. The first kappa shape index (κ1) is 17.9. The maximum Gasteiger partial charge on any atom is 0.255 e. The van der Waals surface area contributed by atoms with E-state index in [4.69, 9.17) is 11.6 Å². The molecule has 2 aromatic carbocycles. The van der Waals surface area contributed by atoms with Crippen molar-refractivity contribution in [3.63, 3.8) is 0 Å². The topological polar surface area (TPSA) is 48.1 Å². The van der Waals surface area contributed by atoms with E-state index in [0.29, 0.717) is 28.6 Å². The van der Waals surface area contributed by atoms with Crippen molar-refractivity contribution in [2.24, 2.45) is 5.92 Å². The lowest BCUT2D eigenvalue weighted by atomic mass is 10.1. The lowest BCUT2D eigenvalue weighted by Crippen LogP contribution is -2.30. The number of likely N-dealkylation sites (tertiary alicyclic amines) is 1. The predicted octanol–water partition coefficient (Wildman–Crippen LogP) is 4.84. The molecule has 3 aromatic rings. The second-order valence-corrected chi connectivity index (χ2v) is 7.56. The number of carbonyl (C=O) groups excluding carboxylic acids is 1. The normalized spacial score (nSPS) is 16.9. The van der Waals surface area contributed by atoms with Crippen LogP contribution in [0.5, 0.6) is 0 Å². The first-order valence-electron chi connectivity index (χ1n) is 9.08. The molecular weight excluding hydrogens is 365 g/mol. The van der Waals surface area contributed by atoms with Crippen LogP contribution in [0.4, 0.5) is 10.2 Å². The second kappa shape index (κ2) is 7.24. The van der Waals surface area contributed by atoms with Gasteiger partial charge in [-0.05, 0) is 43.5 Å². The van der Waals surface area contributed by atoms with Crippen LogP contribution in [0.2, 0.25) is 5.02 Å². The summed E-state index contributed by atoms with van der Waals surface area (Å²) in [5, 5.41) is 4.67.